The van der Waals surface area contributed by atoms with Crippen molar-refractivity contribution in [2.75, 3.05) is 18.0 Å². The van der Waals surface area contributed by atoms with Crippen molar-refractivity contribution in [3.05, 3.63) is 36.5 Å². The number of hydrogen-bond acceptors (Lipinski definition) is 3. The van der Waals surface area contributed by atoms with E-state index >= 15 is 0 Å². The summed E-state index contributed by atoms with van der Waals surface area (Å²) in [7, 11) is 0. The molecular weight excluding hydrogens is 238 g/mol. The van der Waals surface area contributed by atoms with Crippen molar-refractivity contribution in [3.63, 3.8) is 0 Å². The lowest BCUT2D eigenvalue weighted by atomic mass is 9.96. The largest absolute Gasteiger partial charge is 0.370 e. The summed E-state index contributed by atoms with van der Waals surface area (Å²) in [6, 6.07) is 10.1. The van der Waals surface area contributed by atoms with Crippen LogP contribution in [0.5, 0.6) is 0 Å². The number of nitrogens with zero attached hydrogens (tertiary/aromatic N) is 2. The van der Waals surface area contributed by atoms with Gasteiger partial charge in [-0.3, -0.25) is 9.78 Å². The summed E-state index contributed by atoms with van der Waals surface area (Å²) < 4.78 is 0. The van der Waals surface area contributed by atoms with E-state index in [1.165, 1.54) is 0 Å². The number of carbonyl (C=O) groups excluding carboxylic acids is 1. The maximum Gasteiger partial charge on any atom is 0.222 e. The summed E-state index contributed by atoms with van der Waals surface area (Å²) in [5.74, 6) is -0.233. The molecule has 1 aliphatic rings. The molecule has 1 saturated heterocycles. The molecule has 0 spiro atoms. The van der Waals surface area contributed by atoms with Gasteiger partial charge >= 0.3 is 0 Å². The normalized spacial score (nSPS) is 19.6. The molecule has 2 N–H and O–H groups in total. The lowest BCUT2D eigenvalue weighted by molar-refractivity contribution is -0.122. The van der Waals surface area contributed by atoms with Crippen LogP contribution in [0.4, 0.5) is 5.69 Å². The van der Waals surface area contributed by atoms with E-state index in [1.54, 1.807) is 0 Å². The molecule has 1 unspecified atom stereocenters. The van der Waals surface area contributed by atoms with Gasteiger partial charge in [-0.05, 0) is 25.0 Å². The van der Waals surface area contributed by atoms with Gasteiger partial charge in [-0.1, -0.05) is 18.2 Å². The minimum absolute atomic E-state index is 0.0410. The number of para-hydroxylation sites is 1. The first-order valence-electron chi connectivity index (χ1n) is 6.64. The smallest absolute Gasteiger partial charge is 0.222 e. The lowest BCUT2D eigenvalue weighted by Gasteiger charge is -2.33. The Morgan fingerprint density at radius 2 is 2.16 bits per heavy atom. The van der Waals surface area contributed by atoms with Gasteiger partial charge in [0.25, 0.3) is 0 Å². The average molecular weight is 255 g/mol. The molecule has 1 aromatic carbocycles. The number of carbonyl (C=O) groups is 1. The van der Waals surface area contributed by atoms with Crippen LogP contribution in [0, 0.1) is 5.92 Å². The fourth-order valence-electron chi connectivity index (χ4n) is 2.78. The predicted molar refractivity (Wildman–Crippen MR) is 75.9 cm³/mol. The molecule has 4 heteroatoms. The molecule has 1 aliphatic heterocycles. The Labute approximate surface area is 112 Å². The predicted octanol–water partition coefficient (Wildman–Crippen LogP) is 1.94. The van der Waals surface area contributed by atoms with Crippen molar-refractivity contribution in [1.82, 2.24) is 4.98 Å². The number of aromatic nitrogens is 1. The van der Waals surface area contributed by atoms with Crippen molar-refractivity contribution in [2.24, 2.45) is 11.7 Å². The summed E-state index contributed by atoms with van der Waals surface area (Å²) >= 11 is 0. The first-order valence-corrected chi connectivity index (χ1v) is 6.64. The number of primary amides is 1. The van der Waals surface area contributed by atoms with Gasteiger partial charge in [-0.2, -0.15) is 0 Å². The third kappa shape index (κ3) is 2.26. The van der Waals surface area contributed by atoms with Crippen LogP contribution in [0.2, 0.25) is 0 Å². The molecule has 0 aliphatic carbocycles. The summed E-state index contributed by atoms with van der Waals surface area (Å²) in [6.07, 6.45) is 3.73. The van der Waals surface area contributed by atoms with E-state index in [-0.39, 0.29) is 11.8 Å². The summed E-state index contributed by atoms with van der Waals surface area (Å²) in [5.41, 5.74) is 7.58. The van der Waals surface area contributed by atoms with E-state index in [1.807, 2.05) is 30.5 Å². The molecule has 0 saturated carbocycles. The number of hydrogen-bond donors (Lipinski definition) is 1. The van der Waals surface area contributed by atoms with Crippen molar-refractivity contribution in [3.8, 4) is 0 Å². The number of amides is 1. The van der Waals surface area contributed by atoms with E-state index in [0.29, 0.717) is 6.54 Å². The van der Waals surface area contributed by atoms with Crippen LogP contribution in [-0.4, -0.2) is 24.0 Å². The molecular formula is C15H17N3O. The molecule has 19 heavy (non-hydrogen) atoms. The molecule has 2 aromatic rings. The second kappa shape index (κ2) is 4.88. The van der Waals surface area contributed by atoms with Crippen molar-refractivity contribution in [2.45, 2.75) is 12.8 Å². The van der Waals surface area contributed by atoms with Gasteiger partial charge in [0.05, 0.1) is 11.4 Å². The summed E-state index contributed by atoms with van der Waals surface area (Å²) in [4.78, 5) is 18.0. The highest BCUT2D eigenvalue weighted by atomic mass is 16.1. The second-order valence-corrected chi connectivity index (χ2v) is 5.03. The Hall–Kier alpha value is -2.10. The van der Waals surface area contributed by atoms with Crippen LogP contribution in [0.3, 0.4) is 0 Å². The zero-order chi connectivity index (χ0) is 13.2. The average Bonchev–Trinajstić information content (AvgIpc) is 2.47. The highest BCUT2D eigenvalue weighted by molar-refractivity contribution is 5.91. The van der Waals surface area contributed by atoms with Crippen molar-refractivity contribution in [1.29, 1.82) is 0 Å². The Morgan fingerprint density at radius 1 is 1.32 bits per heavy atom. The minimum Gasteiger partial charge on any atom is -0.370 e. The standard InChI is InChI=1S/C15H17N3O/c16-15(19)11-4-3-9-18(10-11)14-7-8-17-13-6-2-1-5-12(13)14/h1-2,5-8,11H,3-4,9-10H2,(H2,16,19). The number of pyridine rings is 1. The molecule has 4 nitrogen and oxygen atoms in total. The summed E-state index contributed by atoms with van der Waals surface area (Å²) in [5, 5.41) is 1.13. The maximum atomic E-state index is 11.4. The Balaban J connectivity index is 1.97. The fraction of sp³-hybridized carbons (Fsp3) is 0.333. The number of anilines is 1. The first kappa shape index (κ1) is 12.0. The van der Waals surface area contributed by atoms with Gasteiger partial charge in [-0.15, -0.1) is 0 Å². The second-order valence-electron chi connectivity index (χ2n) is 5.03. The SMILES string of the molecule is NC(=O)C1CCCN(c2ccnc3ccccc23)C1. The molecule has 1 aromatic heterocycles. The van der Waals surface area contributed by atoms with E-state index < -0.39 is 0 Å². The van der Waals surface area contributed by atoms with Crippen LogP contribution < -0.4 is 10.6 Å². The van der Waals surface area contributed by atoms with E-state index in [9.17, 15) is 4.79 Å². The quantitative estimate of drug-likeness (QED) is 0.892. The molecule has 3 rings (SSSR count). The third-order valence-electron chi connectivity index (χ3n) is 3.79. The van der Waals surface area contributed by atoms with Gasteiger partial charge in [-0.25, -0.2) is 0 Å². The minimum atomic E-state index is -0.192. The summed E-state index contributed by atoms with van der Waals surface area (Å²) in [6.45, 7) is 1.68. The number of nitrogens with two attached hydrogens (primary N) is 1. The monoisotopic (exact) mass is 255 g/mol. The number of piperidine rings is 1. The molecule has 98 valence electrons. The lowest BCUT2D eigenvalue weighted by Crippen LogP contribution is -2.41. The molecule has 1 amide bonds. The van der Waals surface area contributed by atoms with Crippen molar-refractivity contribution >= 4 is 22.5 Å². The van der Waals surface area contributed by atoms with Crippen LogP contribution in [0.25, 0.3) is 10.9 Å². The van der Waals surface area contributed by atoms with Gasteiger partial charge in [0.1, 0.15) is 0 Å². The Kier molecular flexibility index (Phi) is 3.07. The molecule has 0 radical (unpaired) electrons. The third-order valence-corrected chi connectivity index (χ3v) is 3.79. The van der Waals surface area contributed by atoms with Gasteiger partial charge < -0.3 is 10.6 Å². The maximum absolute atomic E-state index is 11.4. The van der Waals surface area contributed by atoms with Crippen LogP contribution in [0.1, 0.15) is 12.8 Å². The fourth-order valence-corrected chi connectivity index (χ4v) is 2.78. The van der Waals surface area contributed by atoms with Crippen LogP contribution in [0.15, 0.2) is 36.5 Å². The van der Waals surface area contributed by atoms with E-state index in [2.05, 4.69) is 16.0 Å². The number of benzene rings is 1. The highest BCUT2D eigenvalue weighted by Crippen LogP contribution is 2.29. The zero-order valence-electron chi connectivity index (χ0n) is 10.7. The van der Waals surface area contributed by atoms with Crippen LogP contribution in [-0.2, 0) is 4.79 Å². The van der Waals surface area contributed by atoms with Gasteiger partial charge in [0.2, 0.25) is 5.91 Å². The zero-order valence-corrected chi connectivity index (χ0v) is 10.7. The molecule has 2 heterocycles. The van der Waals surface area contributed by atoms with Gasteiger partial charge in [0, 0.05) is 30.4 Å². The molecule has 1 atom stereocenters. The van der Waals surface area contributed by atoms with Gasteiger partial charge in [0.15, 0.2) is 0 Å². The topological polar surface area (TPSA) is 59.2 Å². The number of rotatable bonds is 2. The van der Waals surface area contributed by atoms with Crippen LogP contribution >= 0.6 is 0 Å². The Morgan fingerprint density at radius 3 is 3.00 bits per heavy atom. The Bertz CT molecular complexity index is 606. The molecule has 0 bridgehead atoms. The first-order chi connectivity index (χ1) is 9.25. The van der Waals surface area contributed by atoms with E-state index in [0.717, 1.165) is 36.0 Å². The van der Waals surface area contributed by atoms with E-state index in [4.69, 9.17) is 5.73 Å². The molecule has 1 fully saturated rings. The number of fused-ring (bicyclic) bond motifs is 1. The van der Waals surface area contributed by atoms with Crippen molar-refractivity contribution < 1.29 is 4.79 Å². The highest BCUT2D eigenvalue weighted by Gasteiger charge is 2.24.